The number of hydrogen-bond acceptors (Lipinski definition) is 6. The molecular formula is C29H30F3N3O3. The van der Waals surface area contributed by atoms with Crippen molar-refractivity contribution in [2.75, 3.05) is 6.54 Å². The van der Waals surface area contributed by atoms with Crippen LogP contribution in [0.4, 0.5) is 13.2 Å². The van der Waals surface area contributed by atoms with Crippen molar-refractivity contribution < 1.29 is 27.9 Å². The van der Waals surface area contributed by atoms with Gasteiger partial charge in [-0.2, -0.15) is 18.2 Å². The van der Waals surface area contributed by atoms with Gasteiger partial charge in [0.25, 0.3) is 5.89 Å². The van der Waals surface area contributed by atoms with E-state index in [9.17, 15) is 23.4 Å². The molecule has 6 nitrogen and oxygen atoms in total. The van der Waals surface area contributed by atoms with Crippen LogP contribution in [0.25, 0.3) is 34.0 Å². The fourth-order valence-corrected chi connectivity index (χ4v) is 4.41. The highest BCUT2D eigenvalue weighted by Crippen LogP contribution is 2.40. The van der Waals surface area contributed by atoms with Gasteiger partial charge >= 0.3 is 6.18 Å². The second-order valence-electron chi connectivity index (χ2n) is 9.58. The minimum Gasteiger partial charge on any atom is -0.367 e. The van der Waals surface area contributed by atoms with Crippen molar-refractivity contribution in [1.29, 1.82) is 0 Å². The van der Waals surface area contributed by atoms with Gasteiger partial charge in [0.1, 0.15) is 0 Å². The zero-order valence-corrected chi connectivity index (χ0v) is 21.3. The first-order valence-electron chi connectivity index (χ1n) is 12.3. The summed E-state index contributed by atoms with van der Waals surface area (Å²) in [6, 6.07) is 17.9. The predicted octanol–water partition coefficient (Wildman–Crippen LogP) is 5.87. The summed E-state index contributed by atoms with van der Waals surface area (Å²) >= 11 is 0. The number of benzene rings is 3. The summed E-state index contributed by atoms with van der Waals surface area (Å²) in [5.41, 5.74) is 2.37. The zero-order valence-electron chi connectivity index (χ0n) is 21.3. The first kappa shape index (κ1) is 27.5. The Morgan fingerprint density at radius 3 is 2.37 bits per heavy atom. The van der Waals surface area contributed by atoms with Gasteiger partial charge in [-0.15, -0.1) is 0 Å². The SMILES string of the molecule is Cc1ccccc1-c1ccc(-c2nc(-c3cccc(CCN[C@@H](C(C)C)C(O)O)c3)no2)cc1C(F)(F)F. The summed E-state index contributed by atoms with van der Waals surface area (Å²) in [6.07, 6.45) is -5.41. The standard InChI is InChI=1S/C29H30F3N3O3/c1-17(2)25(28(36)37)33-14-13-19-8-6-9-20(15-19)26-34-27(38-35-26)21-11-12-23(24(16-21)29(30,31)32)22-10-5-4-7-18(22)3/h4-12,15-17,25,28,33,36-37H,13-14H2,1-3H3/t25-/m0/s1. The molecule has 0 amide bonds. The molecule has 0 radical (unpaired) electrons. The number of alkyl halides is 3. The summed E-state index contributed by atoms with van der Waals surface area (Å²) in [5, 5.41) is 26.2. The van der Waals surface area contributed by atoms with Crippen LogP contribution in [0.1, 0.15) is 30.5 Å². The lowest BCUT2D eigenvalue weighted by Crippen LogP contribution is -2.44. The largest absolute Gasteiger partial charge is 0.417 e. The molecule has 9 heteroatoms. The van der Waals surface area contributed by atoms with E-state index in [1.54, 1.807) is 43.3 Å². The first-order chi connectivity index (χ1) is 18.0. The Kier molecular flexibility index (Phi) is 8.30. The quantitative estimate of drug-likeness (QED) is 0.237. The number of aryl methyl sites for hydroxylation is 1. The second-order valence-corrected chi connectivity index (χ2v) is 9.58. The van der Waals surface area contributed by atoms with Crippen LogP contribution in [0.5, 0.6) is 0 Å². The van der Waals surface area contributed by atoms with Gasteiger partial charge in [-0.25, -0.2) is 0 Å². The maximum absolute atomic E-state index is 14.0. The highest BCUT2D eigenvalue weighted by Gasteiger charge is 2.34. The molecule has 0 unspecified atom stereocenters. The van der Waals surface area contributed by atoms with Crippen LogP contribution < -0.4 is 5.32 Å². The Bertz CT molecular complexity index is 1370. The van der Waals surface area contributed by atoms with Crippen molar-refractivity contribution in [3.05, 3.63) is 83.4 Å². The third-order valence-corrected chi connectivity index (χ3v) is 6.45. The minimum atomic E-state index is -4.57. The predicted molar refractivity (Wildman–Crippen MR) is 139 cm³/mol. The van der Waals surface area contributed by atoms with Crippen molar-refractivity contribution in [2.24, 2.45) is 5.92 Å². The molecule has 0 fully saturated rings. The normalized spacial score (nSPS) is 12.9. The number of nitrogens with one attached hydrogen (secondary N) is 1. The maximum Gasteiger partial charge on any atom is 0.417 e. The van der Waals surface area contributed by atoms with E-state index >= 15 is 0 Å². The minimum absolute atomic E-state index is 0.00869. The van der Waals surface area contributed by atoms with E-state index in [0.717, 1.165) is 17.2 Å². The number of nitrogens with zero attached hydrogens (tertiary/aromatic N) is 2. The Morgan fingerprint density at radius 2 is 1.68 bits per heavy atom. The molecule has 4 aromatic rings. The Balaban J connectivity index is 1.56. The third kappa shape index (κ3) is 6.30. The lowest BCUT2D eigenvalue weighted by Gasteiger charge is -2.24. The molecule has 0 saturated heterocycles. The van der Waals surface area contributed by atoms with Crippen LogP contribution in [-0.4, -0.2) is 39.2 Å². The Labute approximate surface area is 219 Å². The van der Waals surface area contributed by atoms with Gasteiger partial charge in [-0.3, -0.25) is 0 Å². The summed E-state index contributed by atoms with van der Waals surface area (Å²) in [4.78, 5) is 4.36. The van der Waals surface area contributed by atoms with E-state index in [1.165, 1.54) is 6.07 Å². The van der Waals surface area contributed by atoms with E-state index in [2.05, 4.69) is 15.5 Å². The Morgan fingerprint density at radius 1 is 0.921 bits per heavy atom. The average molecular weight is 526 g/mol. The first-order valence-corrected chi connectivity index (χ1v) is 12.3. The number of hydrogen-bond donors (Lipinski definition) is 3. The van der Waals surface area contributed by atoms with Crippen LogP contribution in [-0.2, 0) is 12.6 Å². The molecule has 0 saturated carbocycles. The fraction of sp³-hybridized carbons (Fsp3) is 0.310. The van der Waals surface area contributed by atoms with Gasteiger partial charge in [-0.05, 0) is 66.3 Å². The van der Waals surface area contributed by atoms with Gasteiger partial charge in [0.05, 0.1) is 11.6 Å². The van der Waals surface area contributed by atoms with Gasteiger partial charge in [-0.1, -0.05) is 67.5 Å². The lowest BCUT2D eigenvalue weighted by molar-refractivity contribution is -0.137. The molecule has 4 rings (SSSR count). The van der Waals surface area contributed by atoms with E-state index < -0.39 is 24.1 Å². The van der Waals surface area contributed by atoms with Crippen molar-refractivity contribution >= 4 is 0 Å². The molecule has 1 atom stereocenters. The number of aromatic nitrogens is 2. The van der Waals surface area contributed by atoms with Crippen LogP contribution in [0.2, 0.25) is 0 Å². The number of aliphatic hydroxyl groups is 2. The lowest BCUT2D eigenvalue weighted by atomic mass is 9.94. The molecule has 0 aliphatic carbocycles. The molecule has 0 bridgehead atoms. The van der Waals surface area contributed by atoms with Crippen molar-refractivity contribution in [2.45, 2.75) is 45.7 Å². The maximum atomic E-state index is 14.0. The highest BCUT2D eigenvalue weighted by atomic mass is 19.4. The zero-order chi connectivity index (χ0) is 27.4. The summed E-state index contributed by atoms with van der Waals surface area (Å²) in [6.45, 7) is 6.10. The van der Waals surface area contributed by atoms with Crippen LogP contribution >= 0.6 is 0 Å². The molecule has 1 aromatic heterocycles. The number of halogens is 3. The van der Waals surface area contributed by atoms with Gasteiger partial charge in [0.15, 0.2) is 6.29 Å². The monoisotopic (exact) mass is 525 g/mol. The van der Waals surface area contributed by atoms with Crippen LogP contribution in [0.15, 0.2) is 71.3 Å². The molecule has 3 N–H and O–H groups in total. The topological polar surface area (TPSA) is 91.4 Å². The summed E-state index contributed by atoms with van der Waals surface area (Å²) in [5.74, 6) is 0.297. The number of rotatable bonds is 9. The van der Waals surface area contributed by atoms with Gasteiger partial charge < -0.3 is 20.1 Å². The summed E-state index contributed by atoms with van der Waals surface area (Å²) in [7, 11) is 0. The molecule has 0 spiro atoms. The van der Waals surface area contributed by atoms with Gasteiger partial charge in [0.2, 0.25) is 5.82 Å². The summed E-state index contributed by atoms with van der Waals surface area (Å²) < 4.78 is 47.4. The molecule has 1 heterocycles. The van der Waals surface area contributed by atoms with E-state index in [1.807, 2.05) is 32.0 Å². The molecule has 3 aromatic carbocycles. The molecule has 38 heavy (non-hydrogen) atoms. The number of aliphatic hydroxyl groups excluding tert-OH is 1. The van der Waals surface area contributed by atoms with Crippen molar-refractivity contribution in [3.8, 4) is 34.0 Å². The van der Waals surface area contributed by atoms with E-state index in [4.69, 9.17) is 4.52 Å². The van der Waals surface area contributed by atoms with Crippen molar-refractivity contribution in [3.63, 3.8) is 0 Å². The molecule has 200 valence electrons. The van der Waals surface area contributed by atoms with E-state index in [0.29, 0.717) is 24.1 Å². The molecule has 0 aliphatic heterocycles. The molecular weight excluding hydrogens is 495 g/mol. The highest BCUT2D eigenvalue weighted by molar-refractivity contribution is 5.74. The van der Waals surface area contributed by atoms with Gasteiger partial charge in [0, 0.05) is 11.1 Å². The molecule has 0 aliphatic rings. The third-order valence-electron chi connectivity index (χ3n) is 6.45. The van der Waals surface area contributed by atoms with Crippen LogP contribution in [0, 0.1) is 12.8 Å². The second kappa shape index (κ2) is 11.5. The van der Waals surface area contributed by atoms with E-state index in [-0.39, 0.29) is 28.8 Å². The Hall–Kier alpha value is -3.53. The van der Waals surface area contributed by atoms with Crippen LogP contribution in [0.3, 0.4) is 0 Å². The average Bonchev–Trinajstić information content (AvgIpc) is 3.36. The fourth-order valence-electron chi connectivity index (χ4n) is 4.41. The van der Waals surface area contributed by atoms with Crippen molar-refractivity contribution in [1.82, 2.24) is 15.5 Å². The smallest absolute Gasteiger partial charge is 0.367 e.